The van der Waals surface area contributed by atoms with E-state index in [2.05, 4.69) is 4.98 Å². The molecular formula is C13H18BNO5. The fraction of sp³-hybridized carbons (Fsp3) is 0.538. The van der Waals surface area contributed by atoms with E-state index in [0.717, 1.165) is 0 Å². The number of rotatable bonds is 3. The highest BCUT2D eigenvalue weighted by Crippen LogP contribution is 2.37. The number of pyridine rings is 1. The molecule has 0 amide bonds. The maximum atomic E-state index is 11.0. The quantitative estimate of drug-likeness (QED) is 0.654. The fourth-order valence-corrected chi connectivity index (χ4v) is 1.89. The Kier molecular flexibility index (Phi) is 3.52. The molecule has 6 nitrogen and oxygen atoms in total. The molecule has 0 saturated carbocycles. The molecule has 2 rings (SSSR count). The summed E-state index contributed by atoms with van der Waals surface area (Å²) < 4.78 is 16.7. The Labute approximate surface area is 118 Å². The van der Waals surface area contributed by atoms with E-state index < -0.39 is 18.3 Å². The Bertz CT molecular complexity index is 528. The molecular weight excluding hydrogens is 261 g/mol. The lowest BCUT2D eigenvalue weighted by Gasteiger charge is -2.32. The molecule has 1 fully saturated rings. The van der Waals surface area contributed by atoms with Crippen LogP contribution in [-0.4, -0.2) is 41.8 Å². The second-order valence-corrected chi connectivity index (χ2v) is 5.69. The molecule has 7 heteroatoms. The number of carbonyl (C=O) groups is 1. The lowest BCUT2D eigenvalue weighted by atomic mass is 9.78. The summed E-state index contributed by atoms with van der Waals surface area (Å²) in [6.07, 6.45) is 0.465. The van der Waals surface area contributed by atoms with Crippen LogP contribution in [0.3, 0.4) is 0 Å². The van der Waals surface area contributed by atoms with Crippen LogP contribution in [0.15, 0.2) is 6.07 Å². The van der Waals surface area contributed by atoms with Gasteiger partial charge < -0.3 is 19.2 Å². The zero-order valence-electron chi connectivity index (χ0n) is 12.3. The van der Waals surface area contributed by atoms with Crippen LogP contribution >= 0.6 is 0 Å². The van der Waals surface area contributed by atoms with Gasteiger partial charge in [0.1, 0.15) is 11.4 Å². The summed E-state index contributed by atoms with van der Waals surface area (Å²) in [5.74, 6) is -0.0334. The standard InChI is InChI=1S/C13H18BNO5/c1-12(2)13(3,4)20-14(19-12)8-6-10(18-5)15-9(7-16)11(8)17/h6-7,17H,1-5H3. The van der Waals surface area contributed by atoms with Crippen molar-refractivity contribution in [2.24, 2.45) is 0 Å². The SMILES string of the molecule is COc1cc(B2OC(C)(C)C(C)(C)O2)c(O)c(C=O)n1. The number of hydrogen-bond donors (Lipinski definition) is 1. The summed E-state index contributed by atoms with van der Waals surface area (Å²) in [5, 5.41) is 10.1. The van der Waals surface area contributed by atoms with Gasteiger partial charge in [0.25, 0.3) is 0 Å². The molecule has 1 saturated heterocycles. The highest BCUT2D eigenvalue weighted by molar-refractivity contribution is 6.63. The van der Waals surface area contributed by atoms with Crippen molar-refractivity contribution in [2.75, 3.05) is 7.11 Å². The van der Waals surface area contributed by atoms with Gasteiger partial charge in [-0.25, -0.2) is 4.98 Å². The molecule has 2 heterocycles. The van der Waals surface area contributed by atoms with Gasteiger partial charge in [-0.3, -0.25) is 4.79 Å². The topological polar surface area (TPSA) is 77.9 Å². The van der Waals surface area contributed by atoms with Gasteiger partial charge in [0.2, 0.25) is 5.88 Å². The third-order valence-corrected chi connectivity index (χ3v) is 3.85. The predicted molar refractivity (Wildman–Crippen MR) is 73.6 cm³/mol. The first kappa shape index (κ1) is 14.8. The van der Waals surface area contributed by atoms with E-state index in [4.69, 9.17) is 14.0 Å². The Morgan fingerprint density at radius 1 is 1.30 bits per heavy atom. The molecule has 1 aromatic heterocycles. The van der Waals surface area contributed by atoms with E-state index in [9.17, 15) is 9.90 Å². The number of aromatic nitrogens is 1. The van der Waals surface area contributed by atoms with Crippen LogP contribution in [0.25, 0.3) is 0 Å². The van der Waals surface area contributed by atoms with E-state index >= 15 is 0 Å². The lowest BCUT2D eigenvalue weighted by Crippen LogP contribution is -2.41. The van der Waals surface area contributed by atoms with Crippen molar-refractivity contribution in [3.05, 3.63) is 11.8 Å². The normalized spacial score (nSPS) is 19.9. The van der Waals surface area contributed by atoms with Crippen molar-refractivity contribution in [1.82, 2.24) is 4.98 Å². The van der Waals surface area contributed by atoms with Gasteiger partial charge in [0.05, 0.1) is 18.3 Å². The zero-order valence-corrected chi connectivity index (χ0v) is 12.3. The highest BCUT2D eigenvalue weighted by Gasteiger charge is 2.52. The van der Waals surface area contributed by atoms with Crippen LogP contribution in [-0.2, 0) is 9.31 Å². The van der Waals surface area contributed by atoms with E-state index in [-0.39, 0.29) is 17.3 Å². The summed E-state index contributed by atoms with van der Waals surface area (Å²) in [4.78, 5) is 14.8. The number of methoxy groups -OCH3 is 1. The molecule has 0 radical (unpaired) electrons. The average molecular weight is 279 g/mol. The minimum Gasteiger partial charge on any atom is -0.506 e. The third-order valence-electron chi connectivity index (χ3n) is 3.85. The number of carbonyl (C=O) groups excluding carboxylic acids is 1. The molecule has 1 aromatic rings. The van der Waals surface area contributed by atoms with Gasteiger partial charge in [0, 0.05) is 11.5 Å². The first-order chi connectivity index (χ1) is 9.21. The summed E-state index contributed by atoms with van der Waals surface area (Å²) in [7, 11) is 0.651. The Balaban J connectivity index is 2.47. The summed E-state index contributed by atoms with van der Waals surface area (Å²) in [6, 6.07) is 1.50. The molecule has 0 aliphatic carbocycles. The van der Waals surface area contributed by atoms with Crippen LogP contribution in [0.5, 0.6) is 11.6 Å². The molecule has 1 N–H and O–H groups in total. The smallest absolute Gasteiger partial charge is 0.498 e. The second kappa shape index (κ2) is 4.75. The number of ether oxygens (including phenoxy) is 1. The monoisotopic (exact) mass is 279 g/mol. The van der Waals surface area contributed by atoms with E-state index in [0.29, 0.717) is 11.7 Å². The molecule has 0 spiro atoms. The molecule has 0 atom stereocenters. The maximum Gasteiger partial charge on any atom is 0.498 e. The van der Waals surface area contributed by atoms with Crippen molar-refractivity contribution in [3.8, 4) is 11.6 Å². The molecule has 0 unspecified atom stereocenters. The predicted octanol–water partition coefficient (Wildman–Crippen LogP) is 0.907. The van der Waals surface area contributed by atoms with E-state index in [1.165, 1.54) is 13.2 Å². The van der Waals surface area contributed by atoms with E-state index in [1.54, 1.807) is 0 Å². The maximum absolute atomic E-state index is 11.0. The molecule has 108 valence electrons. The van der Waals surface area contributed by atoms with Gasteiger partial charge >= 0.3 is 7.12 Å². The second-order valence-electron chi connectivity index (χ2n) is 5.69. The van der Waals surface area contributed by atoms with Crippen LogP contribution in [0.2, 0.25) is 0 Å². The molecule has 20 heavy (non-hydrogen) atoms. The highest BCUT2D eigenvalue weighted by atomic mass is 16.7. The largest absolute Gasteiger partial charge is 0.506 e. The van der Waals surface area contributed by atoms with Crippen molar-refractivity contribution < 1.29 is 23.9 Å². The lowest BCUT2D eigenvalue weighted by molar-refractivity contribution is 0.00578. The van der Waals surface area contributed by atoms with Crippen LogP contribution in [0.1, 0.15) is 38.2 Å². The summed E-state index contributed by atoms with van der Waals surface area (Å²) >= 11 is 0. The van der Waals surface area contributed by atoms with Crippen LogP contribution in [0.4, 0.5) is 0 Å². The summed E-state index contributed by atoms with van der Waals surface area (Å²) in [6.45, 7) is 7.62. The van der Waals surface area contributed by atoms with E-state index in [1.807, 2.05) is 27.7 Å². The minimum atomic E-state index is -0.782. The van der Waals surface area contributed by atoms with Gasteiger partial charge in [-0.2, -0.15) is 0 Å². The average Bonchev–Trinajstić information content (AvgIpc) is 2.58. The molecule has 0 bridgehead atoms. The Hall–Kier alpha value is -1.60. The van der Waals surface area contributed by atoms with Gasteiger partial charge in [0.15, 0.2) is 6.29 Å². The van der Waals surface area contributed by atoms with Crippen molar-refractivity contribution in [1.29, 1.82) is 0 Å². The zero-order chi connectivity index (χ0) is 15.1. The number of nitrogens with zero attached hydrogens (tertiary/aromatic N) is 1. The molecule has 1 aliphatic rings. The van der Waals surface area contributed by atoms with Gasteiger partial charge in [-0.05, 0) is 27.7 Å². The molecule has 1 aliphatic heterocycles. The first-order valence-corrected chi connectivity index (χ1v) is 6.30. The fourth-order valence-electron chi connectivity index (χ4n) is 1.89. The Morgan fingerprint density at radius 2 is 1.85 bits per heavy atom. The van der Waals surface area contributed by atoms with Crippen LogP contribution < -0.4 is 10.2 Å². The third kappa shape index (κ3) is 2.27. The van der Waals surface area contributed by atoms with Crippen molar-refractivity contribution in [2.45, 2.75) is 38.9 Å². The van der Waals surface area contributed by atoms with Gasteiger partial charge in [-0.15, -0.1) is 0 Å². The molecule has 0 aromatic carbocycles. The van der Waals surface area contributed by atoms with Crippen molar-refractivity contribution in [3.63, 3.8) is 0 Å². The Morgan fingerprint density at radius 3 is 2.30 bits per heavy atom. The van der Waals surface area contributed by atoms with Crippen molar-refractivity contribution >= 4 is 18.9 Å². The summed E-state index contributed by atoms with van der Waals surface area (Å²) in [5.41, 5.74) is -0.851. The number of aldehydes is 1. The van der Waals surface area contributed by atoms with Crippen LogP contribution in [0, 0.1) is 0 Å². The van der Waals surface area contributed by atoms with Gasteiger partial charge in [-0.1, -0.05) is 0 Å². The number of aromatic hydroxyl groups is 1. The minimum absolute atomic E-state index is 0.103. The number of hydrogen-bond acceptors (Lipinski definition) is 6. The first-order valence-electron chi connectivity index (χ1n) is 6.30.